The van der Waals surface area contributed by atoms with Gasteiger partial charge in [0, 0.05) is 24.2 Å². The van der Waals surface area contributed by atoms with Gasteiger partial charge in [0.2, 0.25) is 0 Å². The molecule has 0 aliphatic heterocycles. The fourth-order valence-electron chi connectivity index (χ4n) is 2.30. The number of amides is 2. The van der Waals surface area contributed by atoms with Crippen LogP contribution in [0.2, 0.25) is 0 Å². The van der Waals surface area contributed by atoms with Gasteiger partial charge in [-0.3, -0.25) is 19.2 Å². The molecule has 2 aromatic rings. The third-order valence-corrected chi connectivity index (χ3v) is 3.91. The molecule has 32 heavy (non-hydrogen) atoms. The van der Waals surface area contributed by atoms with Crippen molar-refractivity contribution in [2.45, 2.75) is 12.8 Å². The van der Waals surface area contributed by atoms with Gasteiger partial charge in [0.15, 0.2) is 0 Å². The molecule has 10 nitrogen and oxygen atoms in total. The summed E-state index contributed by atoms with van der Waals surface area (Å²) >= 11 is 0. The second kappa shape index (κ2) is 14.0. The van der Waals surface area contributed by atoms with E-state index < -0.39 is 11.9 Å². The van der Waals surface area contributed by atoms with Crippen molar-refractivity contribution in [1.82, 2.24) is 10.6 Å². The zero-order chi connectivity index (χ0) is 23.9. The van der Waals surface area contributed by atoms with Crippen LogP contribution >= 0.6 is 0 Å². The lowest BCUT2D eigenvalue weighted by molar-refractivity contribution is -0.137. The quantitative estimate of drug-likeness (QED) is 0.431. The van der Waals surface area contributed by atoms with E-state index in [1.54, 1.807) is 48.5 Å². The number of ether oxygens (including phenoxy) is 2. The smallest absolute Gasteiger partial charge is 0.305 e. The summed E-state index contributed by atoms with van der Waals surface area (Å²) in [5, 5.41) is 21.8. The van der Waals surface area contributed by atoms with E-state index in [-0.39, 0.29) is 37.7 Å². The Balaban J connectivity index is 0.000000320. The monoisotopic (exact) mass is 446 g/mol. The Morgan fingerprint density at radius 2 is 1.09 bits per heavy atom. The molecule has 2 aromatic carbocycles. The van der Waals surface area contributed by atoms with Crippen molar-refractivity contribution >= 4 is 23.8 Å². The van der Waals surface area contributed by atoms with Crippen LogP contribution in [0.25, 0.3) is 0 Å². The van der Waals surface area contributed by atoms with Gasteiger partial charge in [-0.1, -0.05) is 12.1 Å². The topological polar surface area (TPSA) is 151 Å². The standard InChI is InChI=1S/2C11H13NO4/c2*1-16-9-4-2-3-8(7-9)11(15)12-6-5-10(13)14/h2*2-4,7H,5-6H2,1H3,(H,12,15)(H,13,14). The van der Waals surface area contributed by atoms with Gasteiger partial charge in [-0.2, -0.15) is 0 Å². The lowest BCUT2D eigenvalue weighted by Crippen LogP contribution is -2.25. The van der Waals surface area contributed by atoms with Gasteiger partial charge in [-0.15, -0.1) is 0 Å². The average molecular weight is 446 g/mol. The number of rotatable bonds is 10. The predicted octanol–water partition coefficient (Wildman–Crippen LogP) is 1.80. The zero-order valence-electron chi connectivity index (χ0n) is 17.8. The molecule has 0 heterocycles. The molecule has 0 unspecified atom stereocenters. The summed E-state index contributed by atoms with van der Waals surface area (Å²) in [6, 6.07) is 13.3. The van der Waals surface area contributed by atoms with Crippen LogP contribution in [-0.2, 0) is 9.59 Å². The van der Waals surface area contributed by atoms with Gasteiger partial charge in [0.25, 0.3) is 11.8 Å². The second-order valence-electron chi connectivity index (χ2n) is 6.26. The summed E-state index contributed by atoms with van der Waals surface area (Å²) in [6.07, 6.45) is -0.175. The minimum atomic E-state index is -0.939. The molecule has 2 amide bonds. The molecule has 172 valence electrons. The lowest BCUT2D eigenvalue weighted by atomic mass is 10.2. The third kappa shape index (κ3) is 10.1. The summed E-state index contributed by atoms with van der Waals surface area (Å²) in [5.41, 5.74) is 0.898. The van der Waals surface area contributed by atoms with E-state index in [1.807, 2.05) is 0 Å². The van der Waals surface area contributed by atoms with Crippen molar-refractivity contribution < 1.29 is 38.9 Å². The minimum Gasteiger partial charge on any atom is -0.497 e. The molecule has 0 aliphatic rings. The maximum atomic E-state index is 11.5. The molecule has 0 aliphatic carbocycles. The van der Waals surface area contributed by atoms with Crippen LogP contribution in [0.3, 0.4) is 0 Å². The summed E-state index contributed by atoms with van der Waals surface area (Å²) in [5.74, 6) is -1.31. The highest BCUT2D eigenvalue weighted by molar-refractivity contribution is 5.95. The highest BCUT2D eigenvalue weighted by Crippen LogP contribution is 2.13. The highest BCUT2D eigenvalue weighted by Gasteiger charge is 2.07. The predicted molar refractivity (Wildman–Crippen MR) is 115 cm³/mol. The van der Waals surface area contributed by atoms with E-state index in [4.69, 9.17) is 19.7 Å². The maximum Gasteiger partial charge on any atom is 0.305 e. The number of carbonyl (C=O) groups excluding carboxylic acids is 2. The van der Waals surface area contributed by atoms with Crippen molar-refractivity contribution in [2.24, 2.45) is 0 Å². The van der Waals surface area contributed by atoms with E-state index in [1.165, 1.54) is 14.2 Å². The van der Waals surface area contributed by atoms with Crippen molar-refractivity contribution in [3.8, 4) is 11.5 Å². The van der Waals surface area contributed by atoms with Crippen LogP contribution < -0.4 is 20.1 Å². The second-order valence-corrected chi connectivity index (χ2v) is 6.26. The summed E-state index contributed by atoms with van der Waals surface area (Å²) in [7, 11) is 3.03. The van der Waals surface area contributed by atoms with E-state index in [0.717, 1.165) is 0 Å². The SMILES string of the molecule is COc1cccc(C(=O)NCCC(=O)O)c1.COc1cccc(C(=O)NCCC(=O)O)c1. The number of hydrogen-bond donors (Lipinski definition) is 4. The molecule has 0 fully saturated rings. The number of aliphatic carboxylic acids is 2. The Morgan fingerprint density at radius 1 is 0.719 bits per heavy atom. The first-order valence-electron chi connectivity index (χ1n) is 9.55. The van der Waals surface area contributed by atoms with Crippen LogP contribution in [0.1, 0.15) is 33.6 Å². The van der Waals surface area contributed by atoms with Crippen LogP contribution in [0.5, 0.6) is 11.5 Å². The van der Waals surface area contributed by atoms with Gasteiger partial charge in [0.05, 0.1) is 27.1 Å². The number of nitrogens with one attached hydrogen (secondary N) is 2. The van der Waals surface area contributed by atoms with E-state index in [2.05, 4.69) is 10.6 Å². The first-order chi connectivity index (χ1) is 15.3. The number of methoxy groups -OCH3 is 2. The molecular formula is C22H26N2O8. The molecular weight excluding hydrogens is 420 g/mol. The van der Waals surface area contributed by atoms with Crippen molar-refractivity contribution in [2.75, 3.05) is 27.3 Å². The van der Waals surface area contributed by atoms with Gasteiger partial charge < -0.3 is 30.3 Å². The van der Waals surface area contributed by atoms with Gasteiger partial charge in [-0.25, -0.2) is 0 Å². The van der Waals surface area contributed by atoms with Crippen molar-refractivity contribution in [3.63, 3.8) is 0 Å². The number of benzene rings is 2. The maximum absolute atomic E-state index is 11.5. The van der Waals surface area contributed by atoms with Gasteiger partial charge in [-0.05, 0) is 36.4 Å². The lowest BCUT2D eigenvalue weighted by Gasteiger charge is -2.05. The summed E-state index contributed by atoms with van der Waals surface area (Å²) in [6.45, 7) is 0.233. The molecule has 0 spiro atoms. The molecule has 0 aromatic heterocycles. The zero-order valence-corrected chi connectivity index (χ0v) is 17.8. The third-order valence-electron chi connectivity index (χ3n) is 3.91. The molecule has 0 saturated heterocycles. The van der Waals surface area contributed by atoms with Crippen molar-refractivity contribution in [1.29, 1.82) is 0 Å². The number of hydrogen-bond acceptors (Lipinski definition) is 6. The molecule has 2 rings (SSSR count). The fraction of sp³-hybridized carbons (Fsp3) is 0.273. The highest BCUT2D eigenvalue weighted by atomic mass is 16.5. The number of carboxylic acids is 2. The molecule has 0 atom stereocenters. The number of carboxylic acid groups (broad SMARTS) is 2. The van der Waals surface area contributed by atoms with Crippen LogP contribution in [0.15, 0.2) is 48.5 Å². The van der Waals surface area contributed by atoms with E-state index in [0.29, 0.717) is 22.6 Å². The van der Waals surface area contributed by atoms with E-state index in [9.17, 15) is 19.2 Å². The van der Waals surface area contributed by atoms with Crippen LogP contribution in [-0.4, -0.2) is 61.3 Å². The first kappa shape index (κ1) is 26.0. The van der Waals surface area contributed by atoms with E-state index >= 15 is 0 Å². The van der Waals surface area contributed by atoms with Crippen molar-refractivity contribution in [3.05, 3.63) is 59.7 Å². The average Bonchev–Trinajstić information content (AvgIpc) is 2.79. The summed E-state index contributed by atoms with van der Waals surface area (Å²) in [4.78, 5) is 43.6. The minimum absolute atomic E-state index is 0.0876. The first-order valence-corrected chi connectivity index (χ1v) is 9.55. The Morgan fingerprint density at radius 3 is 1.41 bits per heavy atom. The Kier molecular flexibility index (Phi) is 11.4. The molecule has 10 heteroatoms. The van der Waals surface area contributed by atoms with Crippen LogP contribution in [0.4, 0.5) is 0 Å². The normalized spacial score (nSPS) is 9.56. The molecule has 4 N–H and O–H groups in total. The molecule has 0 bridgehead atoms. The van der Waals surface area contributed by atoms with Crippen LogP contribution in [0, 0.1) is 0 Å². The largest absolute Gasteiger partial charge is 0.497 e. The Hall–Kier alpha value is -4.08. The molecule has 0 radical (unpaired) electrons. The van der Waals surface area contributed by atoms with Gasteiger partial charge in [0.1, 0.15) is 11.5 Å². The summed E-state index contributed by atoms with van der Waals surface area (Å²) < 4.78 is 9.95. The fourth-order valence-corrected chi connectivity index (χ4v) is 2.30. The Labute approximate surface area is 185 Å². The van der Waals surface area contributed by atoms with Gasteiger partial charge >= 0.3 is 11.9 Å². The Bertz CT molecular complexity index is 854. The number of carbonyl (C=O) groups is 4. The molecule has 0 saturated carbocycles.